The van der Waals surface area contributed by atoms with Gasteiger partial charge in [-0.15, -0.1) is 0 Å². The van der Waals surface area contributed by atoms with E-state index < -0.39 is 25.8 Å². The molecule has 2 aromatic carbocycles. The van der Waals surface area contributed by atoms with Crippen LogP contribution in [0.2, 0.25) is 0 Å². The van der Waals surface area contributed by atoms with E-state index in [1.54, 1.807) is 0 Å². The summed E-state index contributed by atoms with van der Waals surface area (Å²) >= 11 is 0. The second-order valence-corrected chi connectivity index (χ2v) is 15.4. The van der Waals surface area contributed by atoms with Gasteiger partial charge in [-0.25, -0.2) is 0 Å². The minimum absolute atomic E-state index is 0.117. The number of hydroxylamine groups is 3. The maximum Gasteiger partial charge on any atom is 0.522 e. The van der Waals surface area contributed by atoms with Crippen LogP contribution in [0.3, 0.4) is 0 Å². The number of nitrogens with zero attached hydrogens (tertiary/aromatic N) is 2. The molecule has 1 fully saturated rings. The van der Waals surface area contributed by atoms with E-state index >= 15 is 5.21 Å². The number of benzene rings is 2. The Bertz CT molecular complexity index is 2050. The van der Waals surface area contributed by atoms with E-state index in [4.69, 9.17) is 13.0 Å². The largest absolute Gasteiger partial charge is 0.627 e. The first-order valence-electron chi connectivity index (χ1n) is 16.6. The van der Waals surface area contributed by atoms with Crippen LogP contribution in [-0.4, -0.2) is 35.1 Å². The maximum absolute atomic E-state index is 15.6. The lowest BCUT2D eigenvalue weighted by atomic mass is 9.61. The summed E-state index contributed by atoms with van der Waals surface area (Å²) in [5, 5.41) is 15.6. The van der Waals surface area contributed by atoms with Crippen molar-refractivity contribution >= 4 is 10.1 Å². The molecule has 3 atom stereocenters. The molecule has 6 rings (SSSR count). The van der Waals surface area contributed by atoms with Gasteiger partial charge < -0.3 is 14.8 Å². The van der Waals surface area contributed by atoms with Crippen molar-refractivity contribution in [2.75, 3.05) is 7.05 Å². The van der Waals surface area contributed by atoms with Gasteiger partial charge in [0.05, 0.1) is 13.0 Å². The molecule has 1 N–H and O–H groups in total. The number of likely N-dealkylation sites (tertiary alicyclic amines) is 1. The molecule has 266 valence electrons. The number of alkyl halides is 3. The Morgan fingerprint density at radius 3 is 2.00 bits per heavy atom. The number of hydrogen-bond acceptors (Lipinski definition) is 4. The normalized spacial score (nSPS) is 26.9. The summed E-state index contributed by atoms with van der Waals surface area (Å²) in [6.45, 7) is 17.5. The van der Waals surface area contributed by atoms with Crippen molar-refractivity contribution in [3.63, 3.8) is 0 Å². The van der Waals surface area contributed by atoms with Gasteiger partial charge in [0.15, 0.2) is 0 Å². The molecule has 0 radical (unpaired) electrons. The first-order chi connectivity index (χ1) is 23.1. The molecule has 0 saturated carbocycles. The van der Waals surface area contributed by atoms with Gasteiger partial charge in [0.2, 0.25) is 0 Å². The number of allylic oxidation sites excluding steroid dienone is 9. The standard InChI is InChI=1S/C39H44N2O.CHF3O3S/c1-10-33-34-23-30(31-15-17-40-16-11-12-32(40)22-31)13-14-35(34)41(9,42)39(8,37-28(6)20-25(3)21-29(37)7)38(33)36-26(4)18-24(2)19-27(36)5;2-1(3,4)8(5,6)7/h10-11,14-23,38H,12-13H2,1-9H3;(H,5,6,7). The summed E-state index contributed by atoms with van der Waals surface area (Å²) in [6, 6.07) is 9.08. The minimum Gasteiger partial charge on any atom is -0.627 e. The fourth-order valence-electron chi connectivity index (χ4n) is 8.51. The van der Waals surface area contributed by atoms with E-state index in [2.05, 4.69) is 133 Å². The smallest absolute Gasteiger partial charge is 0.522 e. The quantitative estimate of drug-likeness (QED) is 0.146. The van der Waals surface area contributed by atoms with Gasteiger partial charge in [0, 0.05) is 35.7 Å². The molecule has 0 aromatic heterocycles. The van der Waals surface area contributed by atoms with Crippen molar-refractivity contribution in [3.05, 3.63) is 157 Å². The molecular weight excluding hydrogens is 662 g/mol. The topological polar surface area (TPSA) is 80.7 Å². The Kier molecular flexibility index (Phi) is 9.68. The number of hydrogen-bond donors (Lipinski definition) is 1. The highest BCUT2D eigenvalue weighted by molar-refractivity contribution is 7.86. The van der Waals surface area contributed by atoms with Crippen LogP contribution < -0.4 is 0 Å². The first kappa shape index (κ1) is 37.3. The summed E-state index contributed by atoms with van der Waals surface area (Å²) in [6.07, 6.45) is 19.5. The fraction of sp³-hybridized carbons (Fsp3) is 0.350. The summed E-state index contributed by atoms with van der Waals surface area (Å²) in [7, 11) is -3.94. The number of quaternary nitrogens is 1. The van der Waals surface area contributed by atoms with Crippen molar-refractivity contribution in [2.24, 2.45) is 0 Å². The molecule has 0 amide bonds. The van der Waals surface area contributed by atoms with Crippen LogP contribution in [-0.2, 0) is 15.7 Å². The van der Waals surface area contributed by atoms with Crippen molar-refractivity contribution in [1.29, 1.82) is 0 Å². The Labute approximate surface area is 293 Å². The van der Waals surface area contributed by atoms with E-state index in [1.165, 1.54) is 66.9 Å². The molecule has 50 heavy (non-hydrogen) atoms. The van der Waals surface area contributed by atoms with Crippen LogP contribution in [0.5, 0.6) is 0 Å². The van der Waals surface area contributed by atoms with Crippen LogP contribution >= 0.6 is 0 Å². The molecular formula is C40H45F3N2O4S. The molecule has 6 nitrogen and oxygen atoms in total. The number of likely N-dealkylation sites (N-methyl/N-ethyl adjacent to an activating group) is 1. The van der Waals surface area contributed by atoms with Crippen molar-refractivity contribution in [3.8, 4) is 0 Å². The number of halogens is 3. The van der Waals surface area contributed by atoms with E-state index in [-0.39, 0.29) is 5.92 Å². The van der Waals surface area contributed by atoms with Crippen molar-refractivity contribution < 1.29 is 30.8 Å². The molecule has 1 saturated heterocycles. The number of fused-ring (bicyclic) bond motifs is 2. The Hall–Kier alpha value is -3.96. The zero-order chi connectivity index (χ0) is 37.1. The second-order valence-electron chi connectivity index (χ2n) is 14.0. The third kappa shape index (κ3) is 6.27. The molecule has 3 heterocycles. The van der Waals surface area contributed by atoms with Gasteiger partial charge in [-0.1, -0.05) is 47.5 Å². The van der Waals surface area contributed by atoms with Crippen LogP contribution in [0, 0.1) is 46.7 Å². The molecule has 3 aliphatic heterocycles. The summed E-state index contributed by atoms with van der Waals surface area (Å²) in [4.78, 5) is 2.20. The van der Waals surface area contributed by atoms with E-state index in [9.17, 15) is 13.2 Å². The van der Waals surface area contributed by atoms with Crippen LogP contribution in [0.15, 0.2) is 107 Å². The second kappa shape index (κ2) is 13.0. The summed E-state index contributed by atoms with van der Waals surface area (Å²) in [5.41, 5.74) is 10.6. The van der Waals surface area contributed by atoms with E-state index in [0.717, 1.165) is 24.1 Å². The van der Waals surface area contributed by atoms with Crippen LogP contribution in [0.1, 0.15) is 77.1 Å². The van der Waals surface area contributed by atoms with Crippen LogP contribution in [0.4, 0.5) is 13.2 Å². The van der Waals surface area contributed by atoms with Gasteiger partial charge in [0.25, 0.3) is 0 Å². The molecule has 2 aromatic rings. The number of piperidine rings is 1. The predicted molar refractivity (Wildman–Crippen MR) is 193 cm³/mol. The highest BCUT2D eigenvalue weighted by Crippen LogP contribution is 2.61. The summed E-state index contributed by atoms with van der Waals surface area (Å²) < 4.78 is 57.1. The van der Waals surface area contributed by atoms with Crippen LogP contribution in [0.25, 0.3) is 0 Å². The third-order valence-corrected chi connectivity index (χ3v) is 11.1. The Balaban J connectivity index is 0.000000544. The molecule has 4 aliphatic rings. The molecule has 1 aliphatic carbocycles. The van der Waals surface area contributed by atoms with Crippen molar-refractivity contribution in [1.82, 2.24) is 4.90 Å². The molecule has 0 spiro atoms. The highest BCUT2D eigenvalue weighted by Gasteiger charge is 2.58. The third-order valence-electron chi connectivity index (χ3n) is 10.5. The zero-order valence-corrected chi connectivity index (χ0v) is 30.8. The SMILES string of the molecule is CC=C1C2=CC(=C3C=CN4C=CCC4=C3)CC=C2[N+](C)([O-])C(C)(c2c(C)cc(C)cc2C)C1c1c(C)cc(C)cc1C.O=S(=O)(O)C(F)(F)F. The lowest BCUT2D eigenvalue weighted by Crippen LogP contribution is -2.61. The van der Waals surface area contributed by atoms with Gasteiger partial charge in [0.1, 0.15) is 11.2 Å². The molecule has 0 bridgehead atoms. The molecule has 3 unspecified atom stereocenters. The monoisotopic (exact) mass is 706 g/mol. The van der Waals surface area contributed by atoms with E-state index in [0.29, 0.717) is 0 Å². The van der Waals surface area contributed by atoms with E-state index in [1.807, 2.05) is 7.05 Å². The molecule has 10 heteroatoms. The highest BCUT2D eigenvalue weighted by atomic mass is 32.2. The fourth-order valence-corrected chi connectivity index (χ4v) is 8.51. The lowest BCUT2D eigenvalue weighted by Gasteiger charge is -2.62. The number of aryl methyl sites for hydroxylation is 6. The Morgan fingerprint density at radius 2 is 1.48 bits per heavy atom. The van der Waals surface area contributed by atoms with Gasteiger partial charge in [-0.05, 0) is 131 Å². The average molecular weight is 707 g/mol. The number of rotatable bonds is 2. The van der Waals surface area contributed by atoms with Gasteiger partial charge >= 0.3 is 15.6 Å². The maximum atomic E-state index is 15.6. The Morgan fingerprint density at radius 1 is 0.940 bits per heavy atom. The van der Waals surface area contributed by atoms with Crippen molar-refractivity contribution in [2.45, 2.75) is 85.2 Å². The minimum atomic E-state index is -5.84. The van der Waals surface area contributed by atoms with Gasteiger partial charge in [-0.2, -0.15) is 21.6 Å². The first-order valence-corrected chi connectivity index (χ1v) is 18.0. The lowest BCUT2D eigenvalue weighted by molar-refractivity contribution is -0.887. The van der Waals surface area contributed by atoms with Gasteiger partial charge in [-0.3, -0.25) is 4.55 Å². The predicted octanol–water partition coefficient (Wildman–Crippen LogP) is 9.98. The average Bonchev–Trinajstić information content (AvgIpc) is 3.46. The zero-order valence-electron chi connectivity index (χ0n) is 30.0. The summed E-state index contributed by atoms with van der Waals surface area (Å²) in [5.74, 6) is -0.117.